The van der Waals surface area contributed by atoms with E-state index in [0.29, 0.717) is 17.6 Å². The number of aliphatic imine (C=N–C) groups is 1. The minimum atomic E-state index is -0.0873. The zero-order valence-corrected chi connectivity index (χ0v) is 21.8. The van der Waals surface area contributed by atoms with Crippen molar-refractivity contribution in [3.05, 3.63) is 64.2 Å². The van der Waals surface area contributed by atoms with Crippen LogP contribution in [0.5, 0.6) is 5.75 Å². The molecule has 0 aliphatic heterocycles. The molecule has 0 aromatic heterocycles. The maximum Gasteiger partial charge on any atom is 0.128 e. The van der Waals surface area contributed by atoms with Gasteiger partial charge in [-0.2, -0.15) is 0 Å². The smallest absolute Gasteiger partial charge is 0.128 e. The quantitative estimate of drug-likeness (QED) is 0.476. The van der Waals surface area contributed by atoms with E-state index < -0.39 is 0 Å². The Kier molecular flexibility index (Phi) is 6.27. The summed E-state index contributed by atoms with van der Waals surface area (Å²) in [6.07, 6.45) is 8.12. The predicted molar refractivity (Wildman–Crippen MR) is 141 cm³/mol. The number of aryl methyl sites for hydroxylation is 1. The summed E-state index contributed by atoms with van der Waals surface area (Å²) in [4.78, 5) is 4.95. The lowest BCUT2D eigenvalue weighted by molar-refractivity contribution is 0.0332. The third kappa shape index (κ3) is 4.38. The van der Waals surface area contributed by atoms with Crippen LogP contribution in [0.3, 0.4) is 0 Å². The van der Waals surface area contributed by atoms with Gasteiger partial charge in [-0.3, -0.25) is 4.99 Å². The Labute approximate surface area is 201 Å². The van der Waals surface area contributed by atoms with Gasteiger partial charge < -0.3 is 5.11 Å². The molecule has 0 unspecified atom stereocenters. The Bertz CT molecular complexity index is 1040. The monoisotopic (exact) mass is 445 g/mol. The molecule has 1 saturated carbocycles. The minimum Gasteiger partial charge on any atom is -0.507 e. The third-order valence-electron chi connectivity index (χ3n) is 8.73. The van der Waals surface area contributed by atoms with Crippen molar-refractivity contribution in [2.45, 2.75) is 97.3 Å². The van der Waals surface area contributed by atoms with Crippen LogP contribution in [0.4, 0.5) is 0 Å². The van der Waals surface area contributed by atoms with Crippen molar-refractivity contribution in [2.24, 2.45) is 16.3 Å². The van der Waals surface area contributed by atoms with E-state index in [-0.39, 0.29) is 16.2 Å². The Morgan fingerprint density at radius 1 is 1.12 bits per heavy atom. The number of benzene rings is 2. The number of para-hydroxylation sites is 1. The van der Waals surface area contributed by atoms with Crippen molar-refractivity contribution in [2.75, 3.05) is 6.54 Å². The molecule has 33 heavy (non-hydrogen) atoms. The molecule has 0 amide bonds. The summed E-state index contributed by atoms with van der Waals surface area (Å²) in [6.45, 7) is 16.8. The summed E-state index contributed by atoms with van der Waals surface area (Å²) in [5.74, 6) is 1.60. The van der Waals surface area contributed by atoms with Gasteiger partial charge in [0.25, 0.3) is 0 Å². The van der Waals surface area contributed by atoms with Crippen molar-refractivity contribution in [1.82, 2.24) is 0 Å². The molecule has 0 radical (unpaired) electrons. The number of phenols is 1. The normalized spacial score (nSPS) is 27.6. The zero-order chi connectivity index (χ0) is 24.0. The molecule has 0 spiro atoms. The number of hydrogen-bond donors (Lipinski definition) is 1. The van der Waals surface area contributed by atoms with Crippen molar-refractivity contribution in [3.8, 4) is 5.75 Å². The Morgan fingerprint density at radius 2 is 1.88 bits per heavy atom. The highest BCUT2D eigenvalue weighted by atomic mass is 16.3. The number of fused-ring (bicyclic) bond motifs is 3. The fourth-order valence-electron chi connectivity index (χ4n) is 6.82. The molecular formula is C31H43NO. The molecule has 2 aromatic rings. The molecule has 2 heteroatoms. The van der Waals surface area contributed by atoms with Gasteiger partial charge in [-0.25, -0.2) is 0 Å². The highest BCUT2D eigenvalue weighted by Crippen LogP contribution is 2.57. The van der Waals surface area contributed by atoms with Crippen LogP contribution in [0.25, 0.3) is 0 Å². The van der Waals surface area contributed by atoms with E-state index in [0.717, 1.165) is 17.7 Å². The first-order valence-electron chi connectivity index (χ1n) is 12.9. The molecule has 4 rings (SSSR count). The highest BCUT2D eigenvalue weighted by molar-refractivity contribution is 5.84. The molecule has 2 aromatic carbocycles. The molecule has 178 valence electrons. The summed E-state index contributed by atoms with van der Waals surface area (Å²) in [7, 11) is 0. The minimum absolute atomic E-state index is 0.0873. The molecule has 0 bridgehead atoms. The number of phenolic OH excluding ortho intramolecular Hbond substituents is 1. The van der Waals surface area contributed by atoms with Crippen molar-refractivity contribution < 1.29 is 5.11 Å². The predicted octanol–water partition coefficient (Wildman–Crippen LogP) is 7.94. The van der Waals surface area contributed by atoms with Crippen LogP contribution >= 0.6 is 0 Å². The topological polar surface area (TPSA) is 32.6 Å². The molecule has 1 fully saturated rings. The van der Waals surface area contributed by atoms with Crippen LogP contribution in [0.2, 0.25) is 0 Å². The molecule has 2 aliphatic carbocycles. The standard InChI is InChI=1S/C31H43NO/c1-21(2)22-12-14-25-23(18-22)13-15-27-30(6,16-9-17-31(25,27)7)20-32-19-24-10-8-11-26(28(24)33)29(3,4)5/h8,10-12,14,18-19,21,27,33H,9,13,15-17,20H2,1-7H3/t27-,30-,31+/m0/s1. The highest BCUT2D eigenvalue weighted by Gasteiger charge is 2.51. The maximum absolute atomic E-state index is 10.8. The van der Waals surface area contributed by atoms with Gasteiger partial charge in [0.1, 0.15) is 5.75 Å². The third-order valence-corrected chi connectivity index (χ3v) is 8.73. The van der Waals surface area contributed by atoms with Crippen LogP contribution < -0.4 is 0 Å². The van der Waals surface area contributed by atoms with E-state index in [9.17, 15) is 5.11 Å². The molecule has 0 saturated heterocycles. The SMILES string of the molecule is CC(C)c1ccc2c(c1)CC[C@H]1[C@](C)(CN=Cc3cccc(C(C)(C)C)c3O)CCC[C@]21C. The Hall–Kier alpha value is -2.09. The van der Waals surface area contributed by atoms with E-state index in [1.165, 1.54) is 37.7 Å². The summed E-state index contributed by atoms with van der Waals surface area (Å²) < 4.78 is 0. The molecule has 0 heterocycles. The van der Waals surface area contributed by atoms with Crippen molar-refractivity contribution in [3.63, 3.8) is 0 Å². The van der Waals surface area contributed by atoms with Gasteiger partial charge in [0.05, 0.1) is 0 Å². The first kappa shape index (κ1) is 24.0. The van der Waals surface area contributed by atoms with Crippen LogP contribution in [-0.4, -0.2) is 17.9 Å². The van der Waals surface area contributed by atoms with E-state index in [1.807, 2.05) is 24.4 Å². The molecule has 2 aliphatic rings. The number of aromatic hydroxyl groups is 1. The van der Waals surface area contributed by atoms with Crippen LogP contribution in [0.15, 0.2) is 41.4 Å². The first-order chi connectivity index (χ1) is 15.5. The number of hydrogen-bond acceptors (Lipinski definition) is 2. The second-order valence-electron chi connectivity index (χ2n) is 12.6. The second-order valence-corrected chi connectivity index (χ2v) is 12.6. The Balaban J connectivity index is 1.59. The van der Waals surface area contributed by atoms with E-state index in [2.05, 4.69) is 66.7 Å². The fraction of sp³-hybridized carbons (Fsp3) is 0.581. The van der Waals surface area contributed by atoms with Crippen molar-refractivity contribution in [1.29, 1.82) is 0 Å². The molecule has 1 N–H and O–H groups in total. The van der Waals surface area contributed by atoms with Gasteiger partial charge in [0, 0.05) is 18.3 Å². The summed E-state index contributed by atoms with van der Waals surface area (Å²) >= 11 is 0. The number of nitrogens with zero attached hydrogens (tertiary/aromatic N) is 1. The molecular weight excluding hydrogens is 402 g/mol. The molecule has 2 nitrogen and oxygen atoms in total. The Morgan fingerprint density at radius 3 is 2.58 bits per heavy atom. The summed E-state index contributed by atoms with van der Waals surface area (Å²) in [5.41, 5.74) is 6.79. The average molecular weight is 446 g/mol. The van der Waals surface area contributed by atoms with E-state index in [1.54, 1.807) is 11.1 Å². The van der Waals surface area contributed by atoms with Crippen LogP contribution in [-0.2, 0) is 17.3 Å². The maximum atomic E-state index is 10.8. The van der Waals surface area contributed by atoms with Gasteiger partial charge in [-0.05, 0) is 82.1 Å². The average Bonchev–Trinajstić information content (AvgIpc) is 2.73. The van der Waals surface area contributed by atoms with Gasteiger partial charge in [-0.1, -0.05) is 85.2 Å². The lowest BCUT2D eigenvalue weighted by atomic mass is 9.50. The summed E-state index contributed by atoms with van der Waals surface area (Å²) in [5, 5.41) is 10.8. The largest absolute Gasteiger partial charge is 0.507 e. The van der Waals surface area contributed by atoms with E-state index in [4.69, 9.17) is 4.99 Å². The number of rotatable bonds is 4. The van der Waals surface area contributed by atoms with Gasteiger partial charge in [-0.15, -0.1) is 0 Å². The lowest BCUT2D eigenvalue weighted by Crippen LogP contribution is -2.50. The fourth-order valence-corrected chi connectivity index (χ4v) is 6.82. The van der Waals surface area contributed by atoms with Crippen LogP contribution in [0, 0.1) is 11.3 Å². The summed E-state index contributed by atoms with van der Waals surface area (Å²) in [6, 6.07) is 13.3. The zero-order valence-electron chi connectivity index (χ0n) is 21.8. The van der Waals surface area contributed by atoms with Crippen LogP contribution in [0.1, 0.15) is 108 Å². The van der Waals surface area contributed by atoms with Gasteiger partial charge in [0.15, 0.2) is 0 Å². The molecule has 3 atom stereocenters. The lowest BCUT2D eigenvalue weighted by Gasteiger charge is -2.55. The van der Waals surface area contributed by atoms with Crippen molar-refractivity contribution >= 4 is 6.21 Å². The second kappa shape index (κ2) is 8.60. The van der Waals surface area contributed by atoms with Gasteiger partial charge >= 0.3 is 0 Å². The van der Waals surface area contributed by atoms with Gasteiger partial charge in [0.2, 0.25) is 0 Å². The first-order valence-corrected chi connectivity index (χ1v) is 12.9. The van der Waals surface area contributed by atoms with E-state index >= 15 is 0 Å².